The van der Waals surface area contributed by atoms with Gasteiger partial charge in [0.25, 0.3) is 0 Å². The third-order valence-corrected chi connectivity index (χ3v) is 5.81. The number of benzene rings is 2. The maximum absolute atomic E-state index is 12.8. The zero-order valence-electron chi connectivity index (χ0n) is 17.9. The van der Waals surface area contributed by atoms with Crippen molar-refractivity contribution in [3.63, 3.8) is 0 Å². The average Bonchev–Trinajstić information content (AvgIpc) is 3.02. The summed E-state index contributed by atoms with van der Waals surface area (Å²) in [5.41, 5.74) is 10.3. The summed E-state index contributed by atoms with van der Waals surface area (Å²) in [4.78, 5) is 26.4. The molecule has 2 aromatic rings. The lowest BCUT2D eigenvalue weighted by Gasteiger charge is -2.25. The lowest BCUT2D eigenvalue weighted by Crippen LogP contribution is -2.41. The molecule has 0 heterocycles. The highest BCUT2D eigenvalue weighted by Gasteiger charge is 2.30. The van der Waals surface area contributed by atoms with E-state index in [9.17, 15) is 9.59 Å². The number of rotatable bonds is 8. The molecule has 160 valence electrons. The Hall–Kier alpha value is -2.64. The summed E-state index contributed by atoms with van der Waals surface area (Å²) in [6, 6.07) is 16.4. The van der Waals surface area contributed by atoms with Gasteiger partial charge in [0.15, 0.2) is 0 Å². The van der Waals surface area contributed by atoms with Crippen LogP contribution in [0.2, 0.25) is 19.6 Å². The molecule has 3 rings (SSSR count). The molecule has 0 unspecified atom stereocenters. The molecule has 0 spiro atoms. The van der Waals surface area contributed by atoms with E-state index in [-0.39, 0.29) is 19.1 Å². The SMILES string of the molecule is C[Si](C)(C)OC(=O)CN(CCCN)C(=O)OCC1c2ccccc2-c2ccccc21. The summed E-state index contributed by atoms with van der Waals surface area (Å²) >= 11 is 0. The summed E-state index contributed by atoms with van der Waals surface area (Å²) < 4.78 is 11.2. The van der Waals surface area contributed by atoms with Crippen LogP contribution in [0.5, 0.6) is 0 Å². The van der Waals surface area contributed by atoms with Crippen LogP contribution in [0.3, 0.4) is 0 Å². The second kappa shape index (κ2) is 9.45. The van der Waals surface area contributed by atoms with E-state index in [1.54, 1.807) is 0 Å². The Labute approximate surface area is 179 Å². The van der Waals surface area contributed by atoms with E-state index in [2.05, 4.69) is 24.3 Å². The minimum absolute atomic E-state index is 0.0216. The van der Waals surface area contributed by atoms with Gasteiger partial charge >= 0.3 is 12.1 Å². The fourth-order valence-corrected chi connectivity index (χ4v) is 4.48. The number of hydrogen-bond donors (Lipinski definition) is 1. The van der Waals surface area contributed by atoms with Gasteiger partial charge in [0.05, 0.1) is 0 Å². The van der Waals surface area contributed by atoms with Crippen molar-refractivity contribution in [2.24, 2.45) is 5.73 Å². The smallest absolute Gasteiger partial charge is 0.410 e. The standard InChI is InChI=1S/C23H30N2O4Si/c1-30(2,3)29-22(26)15-25(14-8-13-24)23(27)28-16-21-19-11-6-4-9-17(19)18-10-5-7-12-20(18)21/h4-7,9-12,21H,8,13-16,24H2,1-3H3. The first-order valence-electron chi connectivity index (χ1n) is 10.3. The molecule has 0 aliphatic heterocycles. The van der Waals surface area contributed by atoms with Crippen LogP contribution in [-0.2, 0) is 14.0 Å². The van der Waals surface area contributed by atoms with E-state index >= 15 is 0 Å². The molecule has 0 saturated heterocycles. The van der Waals surface area contributed by atoms with Gasteiger partial charge in [0, 0.05) is 12.5 Å². The van der Waals surface area contributed by atoms with Crippen molar-refractivity contribution < 1.29 is 18.8 Å². The average molecular weight is 427 g/mol. The van der Waals surface area contributed by atoms with Gasteiger partial charge < -0.3 is 14.9 Å². The third kappa shape index (κ3) is 5.28. The van der Waals surface area contributed by atoms with E-state index in [0.29, 0.717) is 19.5 Å². The highest BCUT2D eigenvalue weighted by atomic mass is 28.4. The van der Waals surface area contributed by atoms with Crippen LogP contribution in [0, 0.1) is 0 Å². The number of hydrogen-bond acceptors (Lipinski definition) is 5. The van der Waals surface area contributed by atoms with Gasteiger partial charge in [-0.05, 0) is 54.9 Å². The molecule has 1 amide bonds. The predicted molar refractivity (Wildman–Crippen MR) is 120 cm³/mol. The van der Waals surface area contributed by atoms with Crippen molar-refractivity contribution >= 4 is 20.4 Å². The van der Waals surface area contributed by atoms with Gasteiger partial charge in [-0.1, -0.05) is 48.5 Å². The van der Waals surface area contributed by atoms with E-state index in [4.69, 9.17) is 14.9 Å². The molecule has 1 aliphatic rings. The Morgan fingerprint density at radius 1 is 1.00 bits per heavy atom. The molecule has 0 fully saturated rings. The van der Waals surface area contributed by atoms with E-state index < -0.39 is 20.4 Å². The third-order valence-electron chi connectivity index (χ3n) is 4.97. The highest BCUT2D eigenvalue weighted by Crippen LogP contribution is 2.44. The van der Waals surface area contributed by atoms with E-state index in [0.717, 1.165) is 11.1 Å². The number of nitrogens with two attached hydrogens (primary N) is 1. The lowest BCUT2D eigenvalue weighted by atomic mass is 9.98. The van der Waals surface area contributed by atoms with E-state index in [1.807, 2.05) is 43.9 Å². The van der Waals surface area contributed by atoms with Gasteiger partial charge in [0.2, 0.25) is 8.32 Å². The fourth-order valence-electron chi connectivity index (χ4n) is 3.73. The summed E-state index contributed by atoms with van der Waals surface area (Å²) in [6.45, 7) is 6.67. The van der Waals surface area contributed by atoms with Crippen molar-refractivity contribution in [2.75, 3.05) is 26.2 Å². The van der Waals surface area contributed by atoms with Crippen LogP contribution >= 0.6 is 0 Å². The van der Waals surface area contributed by atoms with Crippen LogP contribution < -0.4 is 5.73 Å². The quantitative estimate of drug-likeness (QED) is 0.646. The summed E-state index contributed by atoms with van der Waals surface area (Å²) in [5.74, 6) is -0.425. The fraction of sp³-hybridized carbons (Fsp3) is 0.391. The molecule has 0 radical (unpaired) electrons. The Morgan fingerprint density at radius 2 is 1.57 bits per heavy atom. The Morgan fingerprint density at radius 3 is 2.10 bits per heavy atom. The molecule has 0 atom stereocenters. The molecule has 2 N–H and O–H groups in total. The minimum atomic E-state index is -2.03. The van der Waals surface area contributed by atoms with Crippen molar-refractivity contribution in [1.82, 2.24) is 4.90 Å². The molecule has 6 nitrogen and oxygen atoms in total. The van der Waals surface area contributed by atoms with E-state index in [1.165, 1.54) is 16.0 Å². The summed E-state index contributed by atoms with van der Waals surface area (Å²) in [6.07, 6.45) is 0.0718. The largest absolute Gasteiger partial charge is 0.519 e. The minimum Gasteiger partial charge on any atom is -0.519 e. The molecule has 7 heteroatoms. The Kier molecular flexibility index (Phi) is 6.94. The van der Waals surface area contributed by atoms with Crippen molar-refractivity contribution in [3.05, 3.63) is 59.7 Å². The van der Waals surface area contributed by atoms with Gasteiger partial charge in [-0.3, -0.25) is 9.69 Å². The lowest BCUT2D eigenvalue weighted by molar-refractivity contribution is -0.136. The van der Waals surface area contributed by atoms with Crippen LogP contribution in [0.25, 0.3) is 11.1 Å². The molecule has 1 aliphatic carbocycles. The number of amides is 1. The molecular formula is C23H30N2O4Si. The molecule has 0 bridgehead atoms. The van der Waals surface area contributed by atoms with Gasteiger partial charge in [0.1, 0.15) is 13.2 Å². The van der Waals surface area contributed by atoms with Gasteiger partial charge in [-0.25, -0.2) is 4.79 Å². The van der Waals surface area contributed by atoms with Gasteiger partial charge in [-0.15, -0.1) is 0 Å². The summed E-state index contributed by atoms with van der Waals surface area (Å²) in [7, 11) is -2.03. The first-order valence-corrected chi connectivity index (χ1v) is 13.7. The molecule has 0 saturated carbocycles. The van der Waals surface area contributed by atoms with Crippen LogP contribution in [-0.4, -0.2) is 51.5 Å². The monoisotopic (exact) mass is 426 g/mol. The normalized spacial score (nSPS) is 12.8. The second-order valence-corrected chi connectivity index (χ2v) is 12.9. The van der Waals surface area contributed by atoms with Crippen molar-refractivity contribution in [2.45, 2.75) is 32.0 Å². The maximum atomic E-state index is 12.8. The second-order valence-electron chi connectivity index (χ2n) is 8.45. The molecule has 30 heavy (non-hydrogen) atoms. The van der Waals surface area contributed by atoms with Gasteiger partial charge in [-0.2, -0.15) is 0 Å². The number of fused-ring (bicyclic) bond motifs is 3. The number of nitrogens with zero attached hydrogens (tertiary/aromatic N) is 1. The highest BCUT2D eigenvalue weighted by molar-refractivity contribution is 6.71. The Balaban J connectivity index is 1.70. The number of carbonyl (C=O) groups is 2. The van der Waals surface area contributed by atoms with Crippen LogP contribution in [0.15, 0.2) is 48.5 Å². The zero-order valence-corrected chi connectivity index (χ0v) is 18.9. The van der Waals surface area contributed by atoms with Crippen molar-refractivity contribution in [1.29, 1.82) is 0 Å². The first kappa shape index (κ1) is 22.1. The Bertz CT molecular complexity index is 865. The molecule has 2 aromatic carbocycles. The topological polar surface area (TPSA) is 81.9 Å². The first-order chi connectivity index (χ1) is 14.3. The maximum Gasteiger partial charge on any atom is 0.410 e. The number of carbonyl (C=O) groups excluding carboxylic acids is 2. The number of ether oxygens (including phenoxy) is 1. The molecular weight excluding hydrogens is 396 g/mol. The summed E-state index contributed by atoms with van der Waals surface area (Å²) in [5, 5.41) is 0. The zero-order chi connectivity index (χ0) is 21.7. The van der Waals surface area contributed by atoms with Crippen molar-refractivity contribution in [3.8, 4) is 11.1 Å². The predicted octanol–water partition coefficient (Wildman–Crippen LogP) is 3.96. The van der Waals surface area contributed by atoms with Crippen LogP contribution in [0.4, 0.5) is 4.79 Å². The van der Waals surface area contributed by atoms with Crippen LogP contribution in [0.1, 0.15) is 23.5 Å². The molecule has 0 aromatic heterocycles.